The number of aromatic nitrogens is 1. The van der Waals surface area contributed by atoms with E-state index in [2.05, 4.69) is 11.5 Å². The van der Waals surface area contributed by atoms with E-state index in [4.69, 9.17) is 5.26 Å². The van der Waals surface area contributed by atoms with Crippen LogP contribution in [0.1, 0.15) is 48.8 Å². The van der Waals surface area contributed by atoms with Crippen LogP contribution in [0.25, 0.3) is 10.9 Å². The number of ketones is 1. The number of nitriles is 1. The predicted molar refractivity (Wildman–Crippen MR) is 83.1 cm³/mol. The van der Waals surface area contributed by atoms with Crippen LogP contribution >= 0.6 is 0 Å². The van der Waals surface area contributed by atoms with Gasteiger partial charge in [-0.1, -0.05) is 13.8 Å². The molecule has 0 unspecified atom stereocenters. The number of Topliss-reactive ketones (excluding diaryl/α,β-unsaturated/α-hetero) is 1. The third kappa shape index (κ3) is 2.17. The molecule has 5 heteroatoms. The van der Waals surface area contributed by atoms with E-state index in [-0.39, 0.29) is 17.1 Å². The first-order valence-electron chi connectivity index (χ1n) is 7.20. The van der Waals surface area contributed by atoms with Crippen molar-refractivity contribution in [2.75, 3.05) is 5.43 Å². The summed E-state index contributed by atoms with van der Waals surface area (Å²) in [5, 5.41) is 9.83. The van der Waals surface area contributed by atoms with Crippen LogP contribution < -0.4 is 5.43 Å². The molecule has 1 heterocycles. The van der Waals surface area contributed by atoms with E-state index in [1.807, 2.05) is 13.8 Å². The Morgan fingerprint density at radius 1 is 1.36 bits per heavy atom. The predicted octanol–water partition coefficient (Wildman–Crippen LogP) is 2.76. The average Bonchev–Trinajstić information content (AvgIpc) is 2.70. The normalized spacial score (nSPS) is 16.2. The third-order valence-electron chi connectivity index (χ3n) is 4.03. The quantitative estimate of drug-likeness (QED) is 0.879. The molecule has 0 atom stereocenters. The van der Waals surface area contributed by atoms with Gasteiger partial charge in [0.05, 0.1) is 22.8 Å². The van der Waals surface area contributed by atoms with Crippen molar-refractivity contribution in [2.24, 2.45) is 5.41 Å². The molecule has 1 aromatic heterocycles. The molecule has 0 bridgehead atoms. The molecule has 2 aromatic rings. The lowest BCUT2D eigenvalue weighted by Crippen LogP contribution is -2.31. The van der Waals surface area contributed by atoms with Gasteiger partial charge in [-0.15, -0.1) is 0 Å². The molecular formula is C17H17N3O2. The van der Waals surface area contributed by atoms with Crippen molar-refractivity contribution in [1.29, 1.82) is 5.26 Å². The highest BCUT2D eigenvalue weighted by Gasteiger charge is 2.35. The second-order valence-corrected chi connectivity index (χ2v) is 6.61. The van der Waals surface area contributed by atoms with Crippen LogP contribution in [0.4, 0.5) is 0 Å². The van der Waals surface area contributed by atoms with Crippen LogP contribution in [0.15, 0.2) is 18.2 Å². The molecule has 1 aromatic carbocycles. The largest absolute Gasteiger partial charge is 0.294 e. The van der Waals surface area contributed by atoms with Crippen molar-refractivity contribution < 1.29 is 9.59 Å². The lowest BCUT2D eigenvalue weighted by molar-refractivity contribution is -0.115. The number of benzene rings is 1. The van der Waals surface area contributed by atoms with Gasteiger partial charge in [-0.05, 0) is 30.0 Å². The molecule has 1 amide bonds. The summed E-state index contributed by atoms with van der Waals surface area (Å²) in [5.41, 5.74) is 5.37. The Bertz CT molecular complexity index is 853. The SMILES string of the molecule is CC(=O)Nn1c2c(c3cc(C#N)ccc31)C(=O)CC(C)(C)C2. The van der Waals surface area contributed by atoms with Gasteiger partial charge in [0.2, 0.25) is 5.91 Å². The smallest absolute Gasteiger partial charge is 0.235 e. The van der Waals surface area contributed by atoms with Crippen LogP contribution in [0, 0.1) is 16.7 Å². The fraction of sp³-hybridized carbons (Fsp3) is 0.353. The Morgan fingerprint density at radius 2 is 2.09 bits per heavy atom. The molecule has 1 aliphatic carbocycles. The van der Waals surface area contributed by atoms with Crippen molar-refractivity contribution in [2.45, 2.75) is 33.6 Å². The Hall–Kier alpha value is -2.61. The van der Waals surface area contributed by atoms with Gasteiger partial charge >= 0.3 is 0 Å². The number of rotatable bonds is 1. The molecule has 5 nitrogen and oxygen atoms in total. The van der Waals surface area contributed by atoms with Gasteiger partial charge in [-0.3, -0.25) is 19.7 Å². The van der Waals surface area contributed by atoms with Crippen LogP contribution in [0.2, 0.25) is 0 Å². The number of nitrogens with one attached hydrogen (secondary N) is 1. The molecule has 0 spiro atoms. The van der Waals surface area contributed by atoms with Crippen molar-refractivity contribution in [3.63, 3.8) is 0 Å². The fourth-order valence-corrected chi connectivity index (χ4v) is 3.22. The highest BCUT2D eigenvalue weighted by Crippen LogP contribution is 2.39. The molecule has 112 valence electrons. The van der Waals surface area contributed by atoms with Gasteiger partial charge in [-0.25, -0.2) is 0 Å². The summed E-state index contributed by atoms with van der Waals surface area (Å²) < 4.78 is 1.70. The summed E-state index contributed by atoms with van der Waals surface area (Å²) in [7, 11) is 0. The van der Waals surface area contributed by atoms with Crippen LogP contribution in [0.3, 0.4) is 0 Å². The summed E-state index contributed by atoms with van der Waals surface area (Å²) in [6, 6.07) is 7.30. The maximum Gasteiger partial charge on any atom is 0.235 e. The van der Waals surface area contributed by atoms with Gasteiger partial charge in [0.15, 0.2) is 5.78 Å². The zero-order chi connectivity index (χ0) is 16.1. The molecule has 0 fully saturated rings. The number of hydrogen-bond acceptors (Lipinski definition) is 3. The minimum atomic E-state index is -0.195. The Morgan fingerprint density at radius 3 is 2.73 bits per heavy atom. The number of fused-ring (bicyclic) bond motifs is 3. The minimum absolute atomic E-state index is 0.0652. The first-order valence-corrected chi connectivity index (χ1v) is 7.20. The minimum Gasteiger partial charge on any atom is -0.294 e. The van der Waals surface area contributed by atoms with E-state index < -0.39 is 0 Å². The summed E-state index contributed by atoms with van der Waals surface area (Å²) in [6.07, 6.45) is 1.17. The van der Waals surface area contributed by atoms with Crippen LogP contribution in [-0.4, -0.2) is 16.4 Å². The molecule has 0 saturated carbocycles. The topological polar surface area (TPSA) is 74.9 Å². The van der Waals surface area contributed by atoms with E-state index >= 15 is 0 Å². The zero-order valence-corrected chi connectivity index (χ0v) is 12.9. The van der Waals surface area contributed by atoms with E-state index in [1.165, 1.54) is 6.92 Å². The molecule has 22 heavy (non-hydrogen) atoms. The van der Waals surface area contributed by atoms with Crippen LogP contribution in [-0.2, 0) is 11.2 Å². The van der Waals surface area contributed by atoms with Crippen molar-refractivity contribution in [1.82, 2.24) is 4.68 Å². The maximum absolute atomic E-state index is 12.6. The highest BCUT2D eigenvalue weighted by atomic mass is 16.2. The number of carbonyl (C=O) groups excluding carboxylic acids is 2. The standard InChI is InChI=1S/C17H17N3O2/c1-10(21)19-20-13-5-4-11(9-18)6-12(13)16-14(20)7-17(2,3)8-15(16)22/h4-6H,7-8H2,1-3H3,(H,19,21). The molecule has 1 N–H and O–H groups in total. The van der Waals surface area contributed by atoms with E-state index in [0.717, 1.165) is 16.6 Å². The Balaban J connectivity index is 2.35. The number of hydrogen-bond donors (Lipinski definition) is 1. The lowest BCUT2D eigenvalue weighted by atomic mass is 9.76. The monoisotopic (exact) mass is 295 g/mol. The van der Waals surface area contributed by atoms with Gasteiger partial charge in [0, 0.05) is 24.3 Å². The van der Waals surface area contributed by atoms with Gasteiger partial charge in [0.25, 0.3) is 0 Å². The second kappa shape index (κ2) is 4.70. The number of amides is 1. The molecule has 0 saturated heterocycles. The summed E-state index contributed by atoms with van der Waals surface area (Å²) >= 11 is 0. The van der Waals surface area contributed by atoms with E-state index in [9.17, 15) is 9.59 Å². The summed E-state index contributed by atoms with van der Waals surface area (Å²) in [6.45, 7) is 5.53. The zero-order valence-electron chi connectivity index (χ0n) is 12.9. The molecule has 0 radical (unpaired) electrons. The fourth-order valence-electron chi connectivity index (χ4n) is 3.22. The van der Waals surface area contributed by atoms with Gasteiger partial charge < -0.3 is 0 Å². The van der Waals surface area contributed by atoms with Gasteiger partial charge in [-0.2, -0.15) is 5.26 Å². The highest BCUT2D eigenvalue weighted by molar-refractivity contribution is 6.11. The van der Waals surface area contributed by atoms with Crippen molar-refractivity contribution in [3.05, 3.63) is 35.0 Å². The molecule has 3 rings (SSSR count). The molecular weight excluding hydrogens is 278 g/mol. The Kier molecular flexibility index (Phi) is 3.06. The van der Waals surface area contributed by atoms with Crippen molar-refractivity contribution in [3.8, 4) is 6.07 Å². The van der Waals surface area contributed by atoms with E-state index in [1.54, 1.807) is 22.9 Å². The van der Waals surface area contributed by atoms with Crippen molar-refractivity contribution >= 4 is 22.6 Å². The molecule has 1 aliphatic rings. The Labute approximate surface area is 128 Å². The van der Waals surface area contributed by atoms with Crippen LogP contribution in [0.5, 0.6) is 0 Å². The summed E-state index contributed by atoms with van der Waals surface area (Å²) in [4.78, 5) is 24.1. The summed E-state index contributed by atoms with van der Waals surface area (Å²) in [5.74, 6) is -0.129. The lowest BCUT2D eigenvalue weighted by Gasteiger charge is -2.29. The average molecular weight is 295 g/mol. The first kappa shape index (κ1) is 14.3. The number of nitrogens with zero attached hydrogens (tertiary/aromatic N) is 2. The molecule has 0 aliphatic heterocycles. The first-order chi connectivity index (χ1) is 10.3. The third-order valence-corrected chi connectivity index (χ3v) is 4.03. The van der Waals surface area contributed by atoms with E-state index in [0.29, 0.717) is 24.0 Å². The maximum atomic E-state index is 12.6. The van der Waals surface area contributed by atoms with Gasteiger partial charge in [0.1, 0.15) is 0 Å². The number of carbonyl (C=O) groups is 2. The second-order valence-electron chi connectivity index (χ2n) is 6.61.